The summed E-state index contributed by atoms with van der Waals surface area (Å²) in [6.45, 7) is 6.15. The summed E-state index contributed by atoms with van der Waals surface area (Å²) in [6, 6.07) is 8.19. The van der Waals surface area contributed by atoms with Gasteiger partial charge in [-0.15, -0.1) is 11.3 Å². The third-order valence-corrected chi connectivity index (χ3v) is 6.29. The Hall–Kier alpha value is -1.53. The molecule has 1 unspecified atom stereocenters. The van der Waals surface area contributed by atoms with Gasteiger partial charge in [0.2, 0.25) is 5.91 Å². The summed E-state index contributed by atoms with van der Waals surface area (Å²) in [5.74, 6) is 0.0126. The molecule has 0 saturated carbocycles. The van der Waals surface area contributed by atoms with Crippen LogP contribution in [-0.2, 0) is 4.79 Å². The van der Waals surface area contributed by atoms with Crippen molar-refractivity contribution in [1.29, 1.82) is 0 Å². The smallest absolute Gasteiger partial charge is 0.237 e. The maximum absolute atomic E-state index is 12.3. The molecule has 0 bridgehead atoms. The molecule has 0 radical (unpaired) electrons. The molecule has 1 saturated heterocycles. The van der Waals surface area contributed by atoms with Crippen LogP contribution in [0.15, 0.2) is 34.0 Å². The monoisotopic (exact) mass is 361 g/mol. The zero-order chi connectivity index (χ0) is 16.9. The van der Waals surface area contributed by atoms with Crippen molar-refractivity contribution < 1.29 is 4.79 Å². The third-order valence-electron chi connectivity index (χ3n) is 4.10. The highest BCUT2D eigenvalue weighted by Gasteiger charge is 2.17. The largest absolute Gasteiger partial charge is 0.372 e. The summed E-state index contributed by atoms with van der Waals surface area (Å²) < 4.78 is 0.940. The maximum atomic E-state index is 12.3. The predicted molar refractivity (Wildman–Crippen MR) is 103 cm³/mol. The molecule has 24 heavy (non-hydrogen) atoms. The molecule has 3 rings (SSSR count). The van der Waals surface area contributed by atoms with Crippen LogP contribution < -0.4 is 10.2 Å². The second-order valence-corrected chi connectivity index (χ2v) is 8.54. The summed E-state index contributed by atoms with van der Waals surface area (Å²) in [6.07, 6.45) is 3.87. The number of nitrogens with zero attached hydrogens (tertiary/aromatic N) is 2. The quantitative estimate of drug-likeness (QED) is 0.793. The van der Waals surface area contributed by atoms with Crippen molar-refractivity contribution in [1.82, 2.24) is 4.98 Å². The van der Waals surface area contributed by atoms with E-state index in [0.717, 1.165) is 28.8 Å². The first-order valence-electron chi connectivity index (χ1n) is 8.36. The number of aromatic nitrogens is 1. The summed E-state index contributed by atoms with van der Waals surface area (Å²) in [4.78, 5) is 19.2. The molecule has 1 fully saturated rings. The molecular weight excluding hydrogens is 338 g/mol. The molecule has 0 aliphatic carbocycles. The van der Waals surface area contributed by atoms with Gasteiger partial charge in [0, 0.05) is 35.5 Å². The van der Waals surface area contributed by atoms with Gasteiger partial charge in [0.1, 0.15) is 0 Å². The van der Waals surface area contributed by atoms with E-state index < -0.39 is 0 Å². The highest BCUT2D eigenvalue weighted by atomic mass is 32.2. The lowest BCUT2D eigenvalue weighted by molar-refractivity contribution is -0.115. The molecule has 2 aromatic rings. The molecule has 1 aromatic heterocycles. The van der Waals surface area contributed by atoms with Crippen molar-refractivity contribution in [2.24, 2.45) is 0 Å². The zero-order valence-electron chi connectivity index (χ0n) is 14.1. The van der Waals surface area contributed by atoms with Crippen LogP contribution in [0.1, 0.15) is 31.9 Å². The minimum absolute atomic E-state index is 0.0126. The van der Waals surface area contributed by atoms with Crippen LogP contribution in [0.3, 0.4) is 0 Å². The van der Waals surface area contributed by atoms with E-state index in [1.165, 1.54) is 36.7 Å². The van der Waals surface area contributed by atoms with Gasteiger partial charge in [0.25, 0.3) is 0 Å². The van der Waals surface area contributed by atoms with Crippen LogP contribution >= 0.6 is 23.1 Å². The Morgan fingerprint density at radius 3 is 2.58 bits per heavy atom. The number of carbonyl (C=O) groups is 1. The van der Waals surface area contributed by atoms with Gasteiger partial charge in [-0.1, -0.05) is 11.8 Å². The summed E-state index contributed by atoms with van der Waals surface area (Å²) in [5, 5.41) is 4.83. The zero-order valence-corrected chi connectivity index (χ0v) is 15.8. The Morgan fingerprint density at radius 1 is 1.25 bits per heavy atom. The molecule has 0 spiro atoms. The van der Waals surface area contributed by atoms with E-state index in [4.69, 9.17) is 0 Å². The number of aryl methyl sites for hydroxylation is 1. The molecule has 4 nitrogen and oxygen atoms in total. The number of nitrogens with one attached hydrogen (secondary N) is 1. The van der Waals surface area contributed by atoms with Crippen LogP contribution in [0.2, 0.25) is 0 Å². The van der Waals surface area contributed by atoms with Gasteiger partial charge in [0.15, 0.2) is 4.34 Å². The van der Waals surface area contributed by atoms with Crippen LogP contribution in [0, 0.1) is 6.92 Å². The van der Waals surface area contributed by atoms with Crippen molar-refractivity contribution >= 4 is 40.4 Å². The van der Waals surface area contributed by atoms with E-state index >= 15 is 0 Å². The number of hydrogen-bond acceptors (Lipinski definition) is 5. The Kier molecular flexibility index (Phi) is 5.79. The predicted octanol–water partition coefficient (Wildman–Crippen LogP) is 4.56. The van der Waals surface area contributed by atoms with Gasteiger partial charge in [-0.25, -0.2) is 4.98 Å². The third kappa shape index (κ3) is 4.51. The lowest BCUT2D eigenvalue weighted by Crippen LogP contribution is -2.29. The summed E-state index contributed by atoms with van der Waals surface area (Å²) in [7, 11) is 0. The Morgan fingerprint density at radius 2 is 1.96 bits per heavy atom. The molecule has 1 N–H and O–H groups in total. The molecule has 2 heterocycles. The average molecular weight is 362 g/mol. The second kappa shape index (κ2) is 8.03. The normalized spacial score (nSPS) is 16.0. The SMILES string of the molecule is Cc1csc(SC(C)C(=O)Nc2ccc(N3CCCCC3)cc2)n1. The Bertz CT molecular complexity index is 678. The van der Waals surface area contributed by atoms with Crippen LogP contribution in [0.25, 0.3) is 0 Å². The molecule has 1 aliphatic heterocycles. The van der Waals surface area contributed by atoms with Gasteiger partial charge in [-0.3, -0.25) is 4.79 Å². The van der Waals surface area contributed by atoms with E-state index in [-0.39, 0.29) is 11.2 Å². The first-order chi connectivity index (χ1) is 11.6. The van der Waals surface area contributed by atoms with E-state index in [0.29, 0.717) is 0 Å². The number of rotatable bonds is 5. The van der Waals surface area contributed by atoms with E-state index in [1.54, 1.807) is 11.3 Å². The van der Waals surface area contributed by atoms with Crippen molar-refractivity contribution in [2.45, 2.75) is 42.7 Å². The number of benzene rings is 1. The minimum atomic E-state index is -0.169. The first kappa shape index (κ1) is 17.3. The molecule has 1 atom stereocenters. The fourth-order valence-electron chi connectivity index (χ4n) is 2.74. The van der Waals surface area contributed by atoms with Gasteiger partial charge in [0.05, 0.1) is 5.25 Å². The number of piperidine rings is 1. The maximum Gasteiger partial charge on any atom is 0.237 e. The molecule has 6 heteroatoms. The number of thioether (sulfide) groups is 1. The standard InChI is InChI=1S/C18H23N3OS2/c1-13-12-23-18(19-13)24-14(2)17(22)20-15-6-8-16(9-7-15)21-10-4-3-5-11-21/h6-9,12,14H,3-5,10-11H2,1-2H3,(H,20,22). The van der Waals surface area contributed by atoms with Crippen LogP contribution in [-0.4, -0.2) is 29.2 Å². The number of hydrogen-bond donors (Lipinski definition) is 1. The Labute approximate surface area is 151 Å². The highest BCUT2D eigenvalue weighted by Crippen LogP contribution is 2.27. The highest BCUT2D eigenvalue weighted by molar-refractivity contribution is 8.02. The van der Waals surface area contributed by atoms with Gasteiger partial charge in [-0.2, -0.15) is 0 Å². The van der Waals surface area contributed by atoms with E-state index in [9.17, 15) is 4.79 Å². The average Bonchev–Trinajstić information content (AvgIpc) is 3.01. The molecule has 1 aromatic carbocycles. The molecule has 128 valence electrons. The van der Waals surface area contributed by atoms with Crippen molar-refractivity contribution in [2.75, 3.05) is 23.3 Å². The molecule has 1 aliphatic rings. The Balaban J connectivity index is 1.55. The topological polar surface area (TPSA) is 45.2 Å². The molecule has 1 amide bonds. The number of thiazole rings is 1. The lowest BCUT2D eigenvalue weighted by Gasteiger charge is -2.28. The van der Waals surface area contributed by atoms with Crippen molar-refractivity contribution in [3.05, 3.63) is 35.3 Å². The fraction of sp³-hybridized carbons (Fsp3) is 0.444. The van der Waals surface area contributed by atoms with E-state index in [1.807, 2.05) is 31.4 Å². The molecular formula is C18H23N3OS2. The second-order valence-electron chi connectivity index (χ2n) is 6.10. The van der Waals surface area contributed by atoms with Crippen molar-refractivity contribution in [3.8, 4) is 0 Å². The van der Waals surface area contributed by atoms with Crippen LogP contribution in [0.5, 0.6) is 0 Å². The van der Waals surface area contributed by atoms with E-state index in [2.05, 4.69) is 27.3 Å². The lowest BCUT2D eigenvalue weighted by atomic mass is 10.1. The number of amides is 1. The van der Waals surface area contributed by atoms with Crippen LogP contribution in [0.4, 0.5) is 11.4 Å². The van der Waals surface area contributed by atoms with Gasteiger partial charge in [-0.05, 0) is 57.4 Å². The summed E-state index contributed by atoms with van der Waals surface area (Å²) in [5.41, 5.74) is 3.10. The van der Waals surface area contributed by atoms with Gasteiger partial charge < -0.3 is 10.2 Å². The minimum Gasteiger partial charge on any atom is -0.372 e. The fourth-order valence-corrected chi connectivity index (χ4v) is 4.73. The van der Waals surface area contributed by atoms with Crippen molar-refractivity contribution in [3.63, 3.8) is 0 Å². The summed E-state index contributed by atoms with van der Waals surface area (Å²) >= 11 is 3.09. The van der Waals surface area contributed by atoms with Gasteiger partial charge >= 0.3 is 0 Å². The first-order valence-corrected chi connectivity index (χ1v) is 10.1. The number of carbonyl (C=O) groups excluding carboxylic acids is 1. The number of anilines is 2.